The highest BCUT2D eigenvalue weighted by Gasteiger charge is 2.54. The van der Waals surface area contributed by atoms with Gasteiger partial charge >= 0.3 is 0 Å². The molecule has 1 aromatic carbocycles. The van der Waals surface area contributed by atoms with Gasteiger partial charge in [-0.1, -0.05) is 24.3 Å². The van der Waals surface area contributed by atoms with Crippen LogP contribution in [-0.4, -0.2) is 52.3 Å². The summed E-state index contributed by atoms with van der Waals surface area (Å²) in [5, 5.41) is 1.01. The summed E-state index contributed by atoms with van der Waals surface area (Å²) in [5.41, 5.74) is 2.60. The van der Waals surface area contributed by atoms with Crippen LogP contribution in [0.3, 0.4) is 0 Å². The fourth-order valence-corrected chi connectivity index (χ4v) is 4.85. The van der Waals surface area contributed by atoms with E-state index in [0.717, 1.165) is 41.6 Å². The van der Waals surface area contributed by atoms with Crippen LogP contribution in [0.15, 0.2) is 54.9 Å². The van der Waals surface area contributed by atoms with Crippen molar-refractivity contribution in [2.45, 2.75) is 25.0 Å². The van der Waals surface area contributed by atoms with E-state index in [9.17, 15) is 4.79 Å². The Labute approximate surface area is 176 Å². The molecule has 1 atom stereocenters. The van der Waals surface area contributed by atoms with Crippen LogP contribution in [0.2, 0.25) is 0 Å². The van der Waals surface area contributed by atoms with E-state index in [1.165, 1.54) is 0 Å². The van der Waals surface area contributed by atoms with Gasteiger partial charge in [0.25, 0.3) is 5.91 Å². The Morgan fingerprint density at radius 1 is 1.23 bits per heavy atom. The van der Waals surface area contributed by atoms with Crippen molar-refractivity contribution in [1.82, 2.24) is 14.5 Å². The van der Waals surface area contributed by atoms with Crippen molar-refractivity contribution < 1.29 is 14.3 Å². The number of benzene rings is 1. The Morgan fingerprint density at radius 2 is 2.07 bits per heavy atom. The van der Waals surface area contributed by atoms with Crippen molar-refractivity contribution in [3.63, 3.8) is 0 Å². The Balaban J connectivity index is 1.18. The van der Waals surface area contributed by atoms with Crippen LogP contribution in [0.25, 0.3) is 10.9 Å². The van der Waals surface area contributed by atoms with Gasteiger partial charge in [-0.05, 0) is 37.0 Å². The van der Waals surface area contributed by atoms with E-state index >= 15 is 0 Å². The second kappa shape index (κ2) is 7.85. The molecule has 2 aliphatic heterocycles. The summed E-state index contributed by atoms with van der Waals surface area (Å²) in [7, 11) is 1.98. The van der Waals surface area contributed by atoms with Gasteiger partial charge < -0.3 is 18.9 Å². The lowest BCUT2D eigenvalue weighted by Crippen LogP contribution is -2.66. The molecule has 0 bridgehead atoms. The maximum Gasteiger partial charge on any atom is 0.256 e. The largest absolute Gasteiger partial charge is 0.375 e. The second-order valence-electron chi connectivity index (χ2n) is 8.39. The fourth-order valence-electron chi connectivity index (χ4n) is 4.85. The number of amides is 1. The summed E-state index contributed by atoms with van der Waals surface area (Å²) < 4.78 is 14.0. The van der Waals surface area contributed by atoms with Crippen LogP contribution in [-0.2, 0) is 23.1 Å². The van der Waals surface area contributed by atoms with E-state index < -0.39 is 0 Å². The normalized spacial score (nSPS) is 20.0. The van der Waals surface area contributed by atoms with E-state index in [4.69, 9.17) is 9.47 Å². The zero-order valence-electron chi connectivity index (χ0n) is 17.3. The molecule has 30 heavy (non-hydrogen) atoms. The first-order valence-electron chi connectivity index (χ1n) is 10.6. The number of fused-ring (bicyclic) bond motifs is 1. The number of hydrogen-bond donors (Lipinski definition) is 0. The summed E-state index contributed by atoms with van der Waals surface area (Å²) in [6.45, 7) is 3.32. The molecule has 5 rings (SSSR count). The van der Waals surface area contributed by atoms with Gasteiger partial charge in [0.05, 0.1) is 31.0 Å². The summed E-state index contributed by atoms with van der Waals surface area (Å²) >= 11 is 0. The SMILES string of the molecule is Cn1cc(C(=O)N2CC3(C2)OCC[C@H]3CCOCc2ccccn2)c2ccccc21. The van der Waals surface area contributed by atoms with E-state index in [1.807, 2.05) is 65.2 Å². The molecule has 0 radical (unpaired) electrons. The Hall–Kier alpha value is -2.70. The standard InChI is InChI=1S/C24H27N3O3/c1-26-14-21(20-7-2-3-8-22(20)26)23(28)27-16-24(17-27)18(10-13-30-24)9-12-29-15-19-6-4-5-11-25-19/h2-8,11,14,18H,9-10,12-13,15-17H2,1H3/t18-/m1/s1. The van der Waals surface area contributed by atoms with Gasteiger partial charge in [0.15, 0.2) is 0 Å². The van der Waals surface area contributed by atoms with Gasteiger partial charge in [0, 0.05) is 43.6 Å². The lowest BCUT2D eigenvalue weighted by atomic mass is 9.79. The number of aromatic nitrogens is 2. The van der Waals surface area contributed by atoms with E-state index in [2.05, 4.69) is 4.98 Å². The third kappa shape index (κ3) is 3.40. The topological polar surface area (TPSA) is 56.6 Å². The first-order chi connectivity index (χ1) is 14.7. The molecule has 0 N–H and O–H groups in total. The lowest BCUT2D eigenvalue weighted by molar-refractivity contribution is -0.120. The van der Waals surface area contributed by atoms with Gasteiger partial charge in [-0.2, -0.15) is 0 Å². The molecule has 6 nitrogen and oxygen atoms in total. The molecule has 1 amide bonds. The maximum absolute atomic E-state index is 13.1. The highest BCUT2D eigenvalue weighted by molar-refractivity contribution is 6.07. The average Bonchev–Trinajstić information content (AvgIpc) is 3.32. The van der Waals surface area contributed by atoms with E-state index in [0.29, 0.717) is 32.2 Å². The number of nitrogens with zero attached hydrogens (tertiary/aromatic N) is 3. The van der Waals surface area contributed by atoms with Gasteiger partial charge in [-0.25, -0.2) is 0 Å². The minimum absolute atomic E-state index is 0.0954. The molecule has 0 aliphatic carbocycles. The molecule has 6 heteroatoms. The average molecular weight is 405 g/mol. The molecule has 2 fully saturated rings. The minimum Gasteiger partial charge on any atom is -0.375 e. The molecule has 3 aromatic rings. The predicted molar refractivity (Wildman–Crippen MR) is 114 cm³/mol. The monoisotopic (exact) mass is 405 g/mol. The van der Waals surface area contributed by atoms with Crippen molar-refractivity contribution in [2.24, 2.45) is 13.0 Å². The van der Waals surface area contributed by atoms with Crippen molar-refractivity contribution in [3.8, 4) is 0 Å². The third-order valence-electron chi connectivity index (χ3n) is 6.52. The van der Waals surface area contributed by atoms with Crippen LogP contribution in [0, 0.1) is 5.92 Å². The first-order valence-corrected chi connectivity index (χ1v) is 10.6. The van der Waals surface area contributed by atoms with Gasteiger partial charge in [0.1, 0.15) is 5.60 Å². The first kappa shape index (κ1) is 19.3. The molecule has 0 unspecified atom stereocenters. The summed E-state index contributed by atoms with van der Waals surface area (Å²) in [4.78, 5) is 19.4. The van der Waals surface area contributed by atoms with Crippen LogP contribution >= 0.6 is 0 Å². The molecule has 0 saturated carbocycles. The van der Waals surface area contributed by atoms with Crippen molar-refractivity contribution in [1.29, 1.82) is 0 Å². The zero-order chi connectivity index (χ0) is 20.6. The minimum atomic E-state index is -0.200. The number of hydrogen-bond acceptors (Lipinski definition) is 4. The number of ether oxygens (including phenoxy) is 2. The highest BCUT2D eigenvalue weighted by Crippen LogP contribution is 2.42. The third-order valence-corrected chi connectivity index (χ3v) is 6.52. The number of likely N-dealkylation sites (tertiary alicyclic amines) is 1. The molecule has 156 valence electrons. The molecule has 1 spiro atoms. The number of carbonyl (C=O) groups is 1. The number of aryl methyl sites for hydroxylation is 1. The molecule has 2 aromatic heterocycles. The summed E-state index contributed by atoms with van der Waals surface area (Å²) in [5.74, 6) is 0.524. The summed E-state index contributed by atoms with van der Waals surface area (Å²) in [6.07, 6.45) is 5.71. The predicted octanol–water partition coefficient (Wildman–Crippen LogP) is 3.41. The molecular weight excluding hydrogens is 378 g/mol. The highest BCUT2D eigenvalue weighted by atomic mass is 16.5. The summed E-state index contributed by atoms with van der Waals surface area (Å²) in [6, 6.07) is 13.9. The number of rotatable bonds is 6. The Kier molecular flexibility index (Phi) is 5.05. The molecule has 4 heterocycles. The van der Waals surface area contributed by atoms with Crippen LogP contribution in [0.4, 0.5) is 0 Å². The Morgan fingerprint density at radius 3 is 2.90 bits per heavy atom. The number of pyridine rings is 1. The smallest absolute Gasteiger partial charge is 0.256 e. The number of para-hydroxylation sites is 1. The van der Waals surface area contributed by atoms with E-state index in [1.54, 1.807) is 6.20 Å². The fraction of sp³-hybridized carbons (Fsp3) is 0.417. The quantitative estimate of drug-likeness (QED) is 0.590. The maximum atomic E-state index is 13.1. The zero-order valence-corrected chi connectivity index (χ0v) is 17.3. The van der Waals surface area contributed by atoms with Crippen LogP contribution in [0.1, 0.15) is 28.9 Å². The van der Waals surface area contributed by atoms with Gasteiger partial charge in [-0.15, -0.1) is 0 Å². The lowest BCUT2D eigenvalue weighted by Gasteiger charge is -2.50. The molecule has 2 aliphatic rings. The van der Waals surface area contributed by atoms with Crippen molar-refractivity contribution >= 4 is 16.8 Å². The van der Waals surface area contributed by atoms with Gasteiger partial charge in [0.2, 0.25) is 0 Å². The van der Waals surface area contributed by atoms with Crippen molar-refractivity contribution in [3.05, 3.63) is 66.1 Å². The number of carbonyl (C=O) groups excluding carboxylic acids is 1. The Bertz CT molecular complexity index is 1040. The second-order valence-corrected chi connectivity index (χ2v) is 8.39. The van der Waals surface area contributed by atoms with Crippen molar-refractivity contribution in [2.75, 3.05) is 26.3 Å². The van der Waals surface area contributed by atoms with Crippen LogP contribution < -0.4 is 0 Å². The van der Waals surface area contributed by atoms with Gasteiger partial charge in [-0.3, -0.25) is 9.78 Å². The van der Waals surface area contributed by atoms with E-state index in [-0.39, 0.29) is 11.5 Å². The molecular formula is C24H27N3O3. The van der Waals surface area contributed by atoms with Crippen LogP contribution in [0.5, 0.6) is 0 Å². The molecule has 2 saturated heterocycles.